The number of hydrogen-bond donors (Lipinski definition) is 1. The fourth-order valence-corrected chi connectivity index (χ4v) is 2.38. The Bertz CT molecular complexity index is 383. The maximum absolute atomic E-state index is 11.4. The van der Waals surface area contributed by atoms with Gasteiger partial charge in [-0.05, 0) is 0 Å². The quantitative estimate of drug-likeness (QED) is 0.723. The first kappa shape index (κ1) is 9.88. The molecule has 0 saturated carbocycles. The molecule has 1 aromatic heterocycles. The van der Waals surface area contributed by atoms with Gasteiger partial charge in [-0.15, -0.1) is 0 Å². The summed E-state index contributed by atoms with van der Waals surface area (Å²) in [5, 5.41) is 2.83. The Morgan fingerprint density at radius 1 is 1.64 bits per heavy atom. The Morgan fingerprint density at radius 2 is 2.50 bits per heavy atom. The van der Waals surface area contributed by atoms with E-state index in [1.54, 1.807) is 0 Å². The van der Waals surface area contributed by atoms with Crippen LogP contribution in [0.1, 0.15) is 12.1 Å². The molecular formula is C9H10N3OTl. The summed E-state index contributed by atoms with van der Waals surface area (Å²) in [4.78, 5) is 15.6. The molecule has 0 spiro atoms. The molecule has 4 nitrogen and oxygen atoms in total. The van der Waals surface area contributed by atoms with Gasteiger partial charge in [0.2, 0.25) is 0 Å². The monoisotopic (exact) mass is 381 g/mol. The molecule has 1 aliphatic rings. The van der Waals surface area contributed by atoms with Gasteiger partial charge in [-0.2, -0.15) is 0 Å². The molecule has 0 radical (unpaired) electrons. The van der Waals surface area contributed by atoms with Gasteiger partial charge < -0.3 is 0 Å². The van der Waals surface area contributed by atoms with Gasteiger partial charge in [-0.25, -0.2) is 0 Å². The molecule has 1 aromatic rings. The van der Waals surface area contributed by atoms with Crippen molar-refractivity contribution in [1.82, 2.24) is 12.7 Å². The summed E-state index contributed by atoms with van der Waals surface area (Å²) in [6.45, 7) is 0.763. The van der Waals surface area contributed by atoms with Crippen molar-refractivity contribution < 1.29 is 4.79 Å². The summed E-state index contributed by atoms with van der Waals surface area (Å²) in [5.41, 5.74) is 1.83. The van der Waals surface area contributed by atoms with Crippen LogP contribution in [0.4, 0.5) is 0 Å². The van der Waals surface area contributed by atoms with E-state index in [4.69, 9.17) is 0 Å². The zero-order chi connectivity index (χ0) is 9.97. The van der Waals surface area contributed by atoms with Crippen LogP contribution in [0.15, 0.2) is 24.2 Å². The first-order valence-corrected chi connectivity index (χ1v) is 6.51. The topological polar surface area (TPSA) is 46.9 Å². The van der Waals surface area contributed by atoms with Crippen molar-refractivity contribution in [2.75, 3.05) is 6.54 Å². The predicted octanol–water partition coefficient (Wildman–Crippen LogP) is -0.197. The molecule has 0 unspecified atom stereocenters. The van der Waals surface area contributed by atoms with Gasteiger partial charge in [0.15, 0.2) is 0 Å². The van der Waals surface area contributed by atoms with Crippen LogP contribution in [-0.2, 0) is 11.2 Å². The molecule has 0 bridgehead atoms. The van der Waals surface area contributed by atoms with Gasteiger partial charge in [0.05, 0.1) is 0 Å². The van der Waals surface area contributed by atoms with E-state index in [0.717, 1.165) is 50.3 Å². The molecule has 0 fully saturated rings. The van der Waals surface area contributed by atoms with Crippen molar-refractivity contribution in [2.24, 2.45) is 0 Å². The van der Waals surface area contributed by atoms with Gasteiger partial charge in [0.25, 0.3) is 0 Å². The van der Waals surface area contributed by atoms with Gasteiger partial charge in [-0.1, -0.05) is 0 Å². The van der Waals surface area contributed by atoms with Crippen LogP contribution in [0.3, 0.4) is 0 Å². The Morgan fingerprint density at radius 3 is 3.14 bits per heavy atom. The van der Waals surface area contributed by atoms with E-state index >= 15 is 0 Å². The number of amides is 1. The van der Waals surface area contributed by atoms with Gasteiger partial charge in [0.1, 0.15) is 0 Å². The van der Waals surface area contributed by atoms with Crippen molar-refractivity contribution >= 4 is 32.0 Å². The second-order valence-electron chi connectivity index (χ2n) is 3.26. The molecule has 0 atom stereocenters. The van der Waals surface area contributed by atoms with Crippen LogP contribution in [0, 0.1) is 0 Å². The zero-order valence-corrected chi connectivity index (χ0v) is 12.2. The number of carbonyl (C=O) groups is 1. The number of hydrogen-bond acceptors (Lipinski definition) is 2. The molecule has 0 aromatic carbocycles. The molecule has 1 N–H and O–H groups in total. The summed E-state index contributed by atoms with van der Waals surface area (Å²) < 4.78 is 2.05. The summed E-state index contributed by atoms with van der Waals surface area (Å²) in [6, 6.07) is 0. The third kappa shape index (κ3) is 2.23. The fourth-order valence-electron chi connectivity index (χ4n) is 1.46. The third-order valence-corrected chi connectivity index (χ3v) is 3.24. The van der Waals surface area contributed by atoms with E-state index < -0.39 is 0 Å². The second kappa shape index (κ2) is 4.24. The van der Waals surface area contributed by atoms with E-state index in [9.17, 15) is 4.79 Å². The van der Waals surface area contributed by atoms with Gasteiger partial charge in [-0.3, -0.25) is 0 Å². The summed E-state index contributed by atoms with van der Waals surface area (Å²) in [5.74, 6) is 0.0570. The van der Waals surface area contributed by atoms with Crippen LogP contribution in [-0.4, -0.2) is 45.9 Å². The standard InChI is InChI=1S/C9H11N3O.Tl/c13-9-7(2-1-3-11-9)4-8-5-10-6-12-8;/h2,5-6H,1,3-4H2,(H2,10,11,12,13);/q;+1/p-1. The van der Waals surface area contributed by atoms with Crippen LogP contribution in [0.2, 0.25) is 0 Å². The van der Waals surface area contributed by atoms with Gasteiger partial charge >= 0.3 is 98.7 Å². The molecule has 0 saturated heterocycles. The van der Waals surface area contributed by atoms with E-state index in [2.05, 4.69) is 12.7 Å². The molecule has 70 valence electrons. The summed E-state index contributed by atoms with van der Waals surface area (Å²) >= 11 is 0.746. The van der Waals surface area contributed by atoms with Crippen LogP contribution in [0.25, 0.3) is 0 Å². The normalized spacial score (nSPS) is 16.2. The minimum absolute atomic E-state index is 0.0570. The SMILES string of the molecule is O=C1NCCC=C1Cc1c[n]([Tl])cn1. The maximum atomic E-state index is 11.4. The molecule has 14 heavy (non-hydrogen) atoms. The van der Waals surface area contributed by atoms with Crippen molar-refractivity contribution in [3.8, 4) is 0 Å². The number of rotatable bonds is 2. The van der Waals surface area contributed by atoms with E-state index in [1.807, 2.05) is 18.6 Å². The molecule has 5 heteroatoms. The van der Waals surface area contributed by atoms with Crippen LogP contribution < -0.4 is 5.32 Å². The first-order chi connectivity index (χ1) is 6.75. The Balaban J connectivity index is 2.10. The van der Waals surface area contributed by atoms with E-state index in [1.165, 1.54) is 0 Å². The minimum atomic E-state index is 0.0570. The first-order valence-electron chi connectivity index (χ1n) is 4.51. The number of carbonyl (C=O) groups excluding carboxylic acids is 1. The van der Waals surface area contributed by atoms with E-state index in [0.29, 0.717) is 6.42 Å². The summed E-state index contributed by atoms with van der Waals surface area (Å²) in [6.07, 6.45) is 7.43. The fraction of sp³-hybridized carbons (Fsp3) is 0.333. The molecule has 1 amide bonds. The number of nitrogens with one attached hydrogen (secondary N) is 1. The number of imidazole rings is 1. The molecule has 2 heterocycles. The van der Waals surface area contributed by atoms with Crippen molar-refractivity contribution in [3.05, 3.63) is 29.9 Å². The Hall–Kier alpha value is -0.658. The number of aromatic nitrogens is 2. The van der Waals surface area contributed by atoms with Crippen molar-refractivity contribution in [2.45, 2.75) is 12.8 Å². The van der Waals surface area contributed by atoms with Crippen molar-refractivity contribution in [1.29, 1.82) is 0 Å². The van der Waals surface area contributed by atoms with Crippen molar-refractivity contribution in [3.63, 3.8) is 0 Å². The van der Waals surface area contributed by atoms with Crippen LogP contribution >= 0.6 is 0 Å². The second-order valence-corrected chi connectivity index (χ2v) is 5.58. The number of nitrogens with zero attached hydrogens (tertiary/aromatic N) is 2. The van der Waals surface area contributed by atoms with Gasteiger partial charge in [0, 0.05) is 0 Å². The summed E-state index contributed by atoms with van der Waals surface area (Å²) in [7, 11) is 0. The van der Waals surface area contributed by atoms with E-state index in [-0.39, 0.29) is 5.91 Å². The molecule has 0 aliphatic carbocycles. The average Bonchev–Trinajstić information content (AvgIpc) is 2.56. The Labute approximate surface area is 98.5 Å². The Kier molecular flexibility index (Phi) is 3.00. The third-order valence-electron chi connectivity index (χ3n) is 2.14. The molecular weight excluding hydrogens is 371 g/mol. The molecule has 1 aliphatic heterocycles. The zero-order valence-electron chi connectivity index (χ0n) is 7.73. The molecule has 2 rings (SSSR count). The van der Waals surface area contributed by atoms with Crippen LogP contribution in [0.5, 0.6) is 0 Å². The predicted molar refractivity (Wildman–Crippen MR) is 52.8 cm³/mol. The average molecular weight is 381 g/mol.